The number of likely N-dealkylation sites (N-methyl/N-ethyl adjacent to an activating group) is 1. The molecule has 0 atom stereocenters. The summed E-state index contributed by atoms with van der Waals surface area (Å²) in [6.45, 7) is 0.183. The lowest BCUT2D eigenvalue weighted by Gasteiger charge is -2.22. The number of aromatic nitrogens is 2. The van der Waals surface area contributed by atoms with Crippen LogP contribution in [0.25, 0.3) is 0 Å². The van der Waals surface area contributed by atoms with Crippen LogP contribution in [0.3, 0.4) is 0 Å². The molecule has 0 aromatic carbocycles. The van der Waals surface area contributed by atoms with E-state index in [9.17, 15) is 8.42 Å². The molecule has 10 heteroatoms. The molecule has 0 bridgehead atoms. The maximum atomic E-state index is 11.9. The predicted molar refractivity (Wildman–Crippen MR) is 77.9 cm³/mol. The van der Waals surface area contributed by atoms with Gasteiger partial charge in [-0.3, -0.25) is 0 Å². The van der Waals surface area contributed by atoms with Crippen molar-refractivity contribution < 1.29 is 23.0 Å². The van der Waals surface area contributed by atoms with Crippen LogP contribution in [0.1, 0.15) is 0 Å². The third-order valence-corrected chi connectivity index (χ3v) is 4.06. The summed E-state index contributed by atoms with van der Waals surface area (Å²) in [5.41, 5.74) is 5.83. The lowest BCUT2D eigenvalue weighted by molar-refractivity contribution is -0.0945. The van der Waals surface area contributed by atoms with Gasteiger partial charge in [-0.05, 0) is 0 Å². The van der Waals surface area contributed by atoms with Gasteiger partial charge in [0.15, 0.2) is 26.8 Å². The van der Waals surface area contributed by atoms with Crippen molar-refractivity contribution in [3.8, 4) is 0 Å². The highest BCUT2D eigenvalue weighted by Crippen LogP contribution is 2.29. The van der Waals surface area contributed by atoms with Gasteiger partial charge in [-0.25, -0.2) is 13.1 Å². The van der Waals surface area contributed by atoms with Crippen LogP contribution in [0.4, 0.5) is 11.6 Å². The fourth-order valence-electron chi connectivity index (χ4n) is 1.87. The van der Waals surface area contributed by atoms with E-state index < -0.39 is 16.1 Å². The Morgan fingerprint density at radius 1 is 1.43 bits per heavy atom. The normalized spacial score (nSPS) is 12.1. The lowest BCUT2D eigenvalue weighted by Crippen LogP contribution is -2.32. The highest BCUT2D eigenvalue weighted by molar-refractivity contribution is 7.91. The van der Waals surface area contributed by atoms with Crippen molar-refractivity contribution in [3.05, 3.63) is 0 Å². The minimum atomic E-state index is -3.57. The minimum Gasteiger partial charge on any atom is -0.394 e. The Morgan fingerprint density at radius 2 is 2.00 bits per heavy atom. The molecule has 21 heavy (non-hydrogen) atoms. The number of methoxy groups -OCH3 is 2. The summed E-state index contributed by atoms with van der Waals surface area (Å²) in [7, 11) is 1.06. The molecule has 1 rings (SSSR count). The zero-order chi connectivity index (χ0) is 16.2. The second-order valence-corrected chi connectivity index (χ2v) is 6.49. The van der Waals surface area contributed by atoms with Gasteiger partial charge >= 0.3 is 0 Å². The van der Waals surface area contributed by atoms with Gasteiger partial charge in [0, 0.05) is 27.5 Å². The Balaban J connectivity index is 3.24. The number of aliphatic hydroxyl groups is 1. The molecule has 0 aliphatic rings. The third kappa shape index (κ3) is 4.06. The van der Waals surface area contributed by atoms with E-state index in [-0.39, 0.29) is 36.2 Å². The Morgan fingerprint density at radius 3 is 2.43 bits per heavy atom. The summed E-state index contributed by atoms with van der Waals surface area (Å²) in [5.74, 6) is 0.197. The zero-order valence-electron chi connectivity index (χ0n) is 12.6. The van der Waals surface area contributed by atoms with Gasteiger partial charge in [0.2, 0.25) is 0 Å². The minimum absolute atomic E-state index is 0.000200. The van der Waals surface area contributed by atoms with Gasteiger partial charge in [-0.2, -0.15) is 5.10 Å². The second kappa shape index (κ2) is 7.07. The number of ether oxygens (including phenoxy) is 2. The molecule has 0 saturated heterocycles. The molecule has 1 aromatic rings. The van der Waals surface area contributed by atoms with Gasteiger partial charge in [0.05, 0.1) is 19.7 Å². The van der Waals surface area contributed by atoms with Crippen LogP contribution in [0, 0.1) is 0 Å². The van der Waals surface area contributed by atoms with Crippen molar-refractivity contribution in [3.63, 3.8) is 0 Å². The van der Waals surface area contributed by atoms with E-state index in [4.69, 9.17) is 20.3 Å². The topological polar surface area (TPSA) is 120 Å². The Kier molecular flexibility index (Phi) is 5.96. The third-order valence-electron chi connectivity index (χ3n) is 2.92. The Labute approximate surface area is 124 Å². The van der Waals surface area contributed by atoms with E-state index in [0.717, 1.165) is 6.26 Å². The average molecular weight is 322 g/mol. The number of hydrogen-bond acceptors (Lipinski definition) is 8. The SMILES string of the molecule is COC(CN(C)c1nn(CCO)c(N)c1S(C)(=O)=O)OC. The number of hydrogen-bond donors (Lipinski definition) is 2. The highest BCUT2D eigenvalue weighted by Gasteiger charge is 2.27. The van der Waals surface area contributed by atoms with E-state index in [0.29, 0.717) is 0 Å². The quantitative estimate of drug-likeness (QED) is 0.580. The zero-order valence-corrected chi connectivity index (χ0v) is 13.4. The molecule has 0 radical (unpaired) electrons. The molecule has 9 nitrogen and oxygen atoms in total. The summed E-state index contributed by atoms with van der Waals surface area (Å²) >= 11 is 0. The van der Waals surface area contributed by atoms with Crippen molar-refractivity contribution in [1.29, 1.82) is 0 Å². The number of rotatable bonds is 8. The number of sulfone groups is 1. The van der Waals surface area contributed by atoms with Crippen molar-refractivity contribution in [2.24, 2.45) is 0 Å². The van der Waals surface area contributed by atoms with Crippen molar-refractivity contribution >= 4 is 21.5 Å². The Bertz CT molecular complexity index is 567. The number of nitrogens with zero attached hydrogens (tertiary/aromatic N) is 3. The first-order chi connectivity index (χ1) is 9.76. The Hall–Kier alpha value is -1.36. The maximum absolute atomic E-state index is 11.9. The van der Waals surface area contributed by atoms with E-state index in [1.165, 1.54) is 18.9 Å². The largest absolute Gasteiger partial charge is 0.394 e. The standard InChI is InChI=1S/C11H22N4O5S/c1-14(7-8(19-2)20-3)11-9(21(4,17)18)10(12)15(13-11)5-6-16/h8,16H,5-7,12H2,1-4H3. The van der Waals surface area contributed by atoms with E-state index in [1.54, 1.807) is 11.9 Å². The molecule has 0 fully saturated rings. The molecule has 3 N–H and O–H groups in total. The van der Waals surface area contributed by atoms with E-state index in [2.05, 4.69) is 5.10 Å². The van der Waals surface area contributed by atoms with E-state index >= 15 is 0 Å². The summed E-state index contributed by atoms with van der Waals surface area (Å²) in [6, 6.07) is 0. The van der Waals surface area contributed by atoms with Crippen LogP contribution in [-0.2, 0) is 25.9 Å². The number of aliphatic hydroxyl groups excluding tert-OH is 1. The van der Waals surface area contributed by atoms with Gasteiger partial charge in [0.25, 0.3) is 0 Å². The van der Waals surface area contributed by atoms with Gasteiger partial charge in [-0.15, -0.1) is 0 Å². The van der Waals surface area contributed by atoms with Crippen LogP contribution in [-0.4, -0.2) is 70.3 Å². The molecule has 122 valence electrons. The van der Waals surface area contributed by atoms with Gasteiger partial charge in [0.1, 0.15) is 5.82 Å². The molecule has 0 aliphatic carbocycles. The predicted octanol–water partition coefficient (Wildman–Crippen LogP) is -1.08. The van der Waals surface area contributed by atoms with Crippen LogP contribution in [0.2, 0.25) is 0 Å². The summed E-state index contributed by atoms with van der Waals surface area (Å²) in [5, 5.41) is 13.1. The molecule has 1 aromatic heterocycles. The molecule has 0 unspecified atom stereocenters. The molecule has 1 heterocycles. The average Bonchev–Trinajstić information content (AvgIpc) is 2.73. The second-order valence-electron chi connectivity index (χ2n) is 4.54. The highest BCUT2D eigenvalue weighted by atomic mass is 32.2. The number of nitrogen functional groups attached to an aromatic ring is 1. The van der Waals surface area contributed by atoms with Crippen molar-refractivity contribution in [1.82, 2.24) is 9.78 Å². The molecular formula is C11H22N4O5S. The first-order valence-corrected chi connectivity index (χ1v) is 8.09. The smallest absolute Gasteiger partial charge is 0.182 e. The van der Waals surface area contributed by atoms with Gasteiger partial charge < -0.3 is 25.2 Å². The van der Waals surface area contributed by atoms with Crippen molar-refractivity contribution in [2.45, 2.75) is 17.7 Å². The van der Waals surface area contributed by atoms with Crippen LogP contribution < -0.4 is 10.6 Å². The molecule has 0 saturated carbocycles. The number of nitrogens with two attached hydrogens (primary N) is 1. The molecule has 0 aliphatic heterocycles. The van der Waals surface area contributed by atoms with Crippen LogP contribution in [0.15, 0.2) is 4.90 Å². The lowest BCUT2D eigenvalue weighted by atomic mass is 10.4. The molecule has 0 spiro atoms. The first kappa shape index (κ1) is 17.7. The summed E-state index contributed by atoms with van der Waals surface area (Å²) in [4.78, 5) is 1.52. The van der Waals surface area contributed by atoms with Gasteiger partial charge in [-0.1, -0.05) is 0 Å². The summed E-state index contributed by atoms with van der Waals surface area (Å²) in [6.07, 6.45) is 0.525. The van der Waals surface area contributed by atoms with Crippen molar-refractivity contribution in [2.75, 3.05) is 51.3 Å². The fraction of sp³-hybridized carbons (Fsp3) is 0.727. The monoisotopic (exact) mass is 322 g/mol. The number of anilines is 2. The first-order valence-electron chi connectivity index (χ1n) is 6.20. The molecular weight excluding hydrogens is 300 g/mol. The van der Waals surface area contributed by atoms with E-state index in [1.807, 2.05) is 0 Å². The van der Waals surface area contributed by atoms with Crippen LogP contribution >= 0.6 is 0 Å². The maximum Gasteiger partial charge on any atom is 0.182 e. The van der Waals surface area contributed by atoms with Crippen LogP contribution in [0.5, 0.6) is 0 Å². The summed E-state index contributed by atoms with van der Waals surface area (Å²) < 4.78 is 35.3. The fourth-order valence-corrected chi connectivity index (χ4v) is 2.88. The molecule has 0 amide bonds.